The Hall–Kier alpha value is 0.0201. The zero-order valence-corrected chi connectivity index (χ0v) is 19.1. The van der Waals surface area contributed by atoms with E-state index < -0.39 is 18.6 Å². The van der Waals surface area contributed by atoms with E-state index >= 15 is 0 Å². The van der Waals surface area contributed by atoms with Crippen LogP contribution < -0.4 is 0 Å². The standard InChI is InChI=1S/2C9H11.C2H4.2ClH.Hf/c2*1-2-5-9-7-3-6-8(9)4-1;1-2;;;/h2*3,6-7H,1-2,4-5H2;1H,2H3;2*1H;/q2*-1;;;;+2/p-2. The first-order valence-electron chi connectivity index (χ1n) is 8.65. The van der Waals surface area contributed by atoms with Gasteiger partial charge in [-0.2, -0.15) is 46.5 Å². The summed E-state index contributed by atoms with van der Waals surface area (Å²) in [6.45, 7) is 1.90. The topological polar surface area (TPSA) is 0 Å². The molecule has 2 aromatic rings. The molecule has 2 aliphatic rings. The third-order valence-corrected chi connectivity index (χ3v) is 9.66. The van der Waals surface area contributed by atoms with Gasteiger partial charge in [-0.1, -0.05) is 51.4 Å². The zero-order chi connectivity index (χ0) is 16.5. The van der Waals surface area contributed by atoms with Crippen molar-refractivity contribution in [3.63, 3.8) is 0 Å². The monoisotopic (exact) mass is 516 g/mol. The summed E-state index contributed by atoms with van der Waals surface area (Å²) in [5.41, 5.74) is 6.39. The Balaban J connectivity index is 0.000000132. The van der Waals surface area contributed by atoms with E-state index in [2.05, 4.69) is 36.4 Å². The van der Waals surface area contributed by atoms with Crippen molar-refractivity contribution in [2.24, 2.45) is 0 Å². The van der Waals surface area contributed by atoms with Gasteiger partial charge in [-0.25, -0.2) is 12.1 Å². The van der Waals surface area contributed by atoms with Gasteiger partial charge in [0.1, 0.15) is 0 Å². The molecule has 0 bridgehead atoms. The SMILES string of the molecule is C[CH]=[Hf]([Cl])[Cl].c1cc2c([cH-]1)CCCC2.c1cc2c([cH-]1)CCCC2. The summed E-state index contributed by atoms with van der Waals surface area (Å²) in [6.07, 6.45) is 10.9. The van der Waals surface area contributed by atoms with Crippen molar-refractivity contribution in [1.29, 1.82) is 0 Å². The second-order valence-electron chi connectivity index (χ2n) is 6.15. The molecule has 23 heavy (non-hydrogen) atoms. The summed E-state index contributed by atoms with van der Waals surface area (Å²) in [5, 5.41) is 0. The molecule has 0 aliphatic heterocycles. The van der Waals surface area contributed by atoms with Gasteiger partial charge in [-0.05, 0) is 0 Å². The first-order chi connectivity index (χ1) is 11.2. The maximum atomic E-state index is 5.39. The van der Waals surface area contributed by atoms with Crippen LogP contribution in [0.1, 0.15) is 54.9 Å². The Kier molecular flexibility index (Phi) is 9.08. The molecule has 0 N–H and O–H groups in total. The Bertz CT molecular complexity index is 515. The minimum absolute atomic E-state index is 1.32. The van der Waals surface area contributed by atoms with Crippen LogP contribution in [-0.2, 0) is 44.3 Å². The number of aryl methyl sites for hydroxylation is 4. The normalized spacial score (nSPS) is 15.1. The zero-order valence-electron chi connectivity index (χ0n) is 14.0. The van der Waals surface area contributed by atoms with Gasteiger partial charge in [0.05, 0.1) is 0 Å². The molecular weight excluding hydrogens is 490 g/mol. The van der Waals surface area contributed by atoms with Gasteiger partial charge in [0.2, 0.25) is 0 Å². The van der Waals surface area contributed by atoms with Crippen LogP contribution in [0.4, 0.5) is 0 Å². The second kappa shape index (κ2) is 10.8. The van der Waals surface area contributed by atoms with Gasteiger partial charge in [0, 0.05) is 0 Å². The van der Waals surface area contributed by atoms with E-state index in [0.29, 0.717) is 0 Å². The number of rotatable bonds is 0. The van der Waals surface area contributed by atoms with E-state index in [9.17, 15) is 0 Å². The fourth-order valence-electron chi connectivity index (χ4n) is 3.23. The minimum Gasteiger partial charge on any atom is -0.210 e. The van der Waals surface area contributed by atoms with E-state index in [1.54, 1.807) is 22.3 Å². The summed E-state index contributed by atoms with van der Waals surface area (Å²) in [5.74, 6) is 0. The van der Waals surface area contributed by atoms with Gasteiger partial charge in [0.15, 0.2) is 0 Å². The second-order valence-corrected chi connectivity index (χ2v) is 18.6. The minimum atomic E-state index is -1.88. The summed E-state index contributed by atoms with van der Waals surface area (Å²) in [7, 11) is 10.8. The Morgan fingerprint density at radius 1 is 0.826 bits per heavy atom. The molecule has 2 aliphatic carbocycles. The molecule has 0 aromatic heterocycles. The van der Waals surface area contributed by atoms with Crippen molar-refractivity contribution in [1.82, 2.24) is 0 Å². The number of fused-ring (bicyclic) bond motifs is 2. The van der Waals surface area contributed by atoms with Gasteiger partial charge in [0.25, 0.3) is 0 Å². The molecule has 0 radical (unpaired) electrons. The molecule has 126 valence electrons. The van der Waals surface area contributed by atoms with Crippen LogP contribution in [0.15, 0.2) is 36.4 Å². The Labute approximate surface area is 155 Å². The molecule has 0 spiro atoms. The van der Waals surface area contributed by atoms with E-state index in [4.69, 9.17) is 17.2 Å². The maximum absolute atomic E-state index is 5.39. The van der Waals surface area contributed by atoms with E-state index in [1.807, 2.05) is 10.7 Å². The number of hydrogen-bond donors (Lipinski definition) is 0. The van der Waals surface area contributed by atoms with Crippen LogP contribution in [0.3, 0.4) is 0 Å². The first-order valence-corrected chi connectivity index (χ1v) is 19.6. The fraction of sp³-hybridized carbons (Fsp3) is 0.450. The van der Waals surface area contributed by atoms with Gasteiger partial charge in [-0.3, -0.25) is 0 Å². The van der Waals surface area contributed by atoms with Gasteiger partial charge < -0.3 is 0 Å². The van der Waals surface area contributed by atoms with Crippen LogP contribution in [0.5, 0.6) is 0 Å². The third-order valence-electron chi connectivity index (χ3n) is 4.52. The van der Waals surface area contributed by atoms with Crippen LogP contribution in [0.25, 0.3) is 0 Å². The molecule has 0 unspecified atom stereocenters. The average Bonchev–Trinajstić information content (AvgIpc) is 3.24. The molecule has 4 rings (SSSR count). The van der Waals surface area contributed by atoms with Crippen LogP contribution in [0.2, 0.25) is 0 Å². The predicted octanol–water partition coefficient (Wildman–Crippen LogP) is 6.30. The van der Waals surface area contributed by atoms with Crippen LogP contribution in [-0.4, -0.2) is 3.76 Å². The average molecular weight is 516 g/mol. The molecule has 0 saturated carbocycles. The molecule has 0 fully saturated rings. The van der Waals surface area contributed by atoms with E-state index in [0.717, 1.165) is 0 Å². The largest absolute Gasteiger partial charge is 0.210 e. The Morgan fingerprint density at radius 2 is 1.22 bits per heavy atom. The van der Waals surface area contributed by atoms with Crippen molar-refractivity contribution < 1.29 is 18.6 Å². The molecule has 0 nitrogen and oxygen atoms in total. The molecule has 0 atom stereocenters. The van der Waals surface area contributed by atoms with Crippen LogP contribution in [0, 0.1) is 0 Å². The quantitative estimate of drug-likeness (QED) is 0.285. The van der Waals surface area contributed by atoms with Crippen molar-refractivity contribution >= 4 is 20.9 Å². The van der Waals surface area contributed by atoms with E-state index in [-0.39, 0.29) is 0 Å². The third kappa shape index (κ3) is 6.80. The maximum Gasteiger partial charge on any atom is -0.0512 e. The van der Waals surface area contributed by atoms with Crippen LogP contribution >= 0.6 is 17.2 Å². The summed E-state index contributed by atoms with van der Waals surface area (Å²) < 4.78 is 1.91. The molecule has 0 heterocycles. The summed E-state index contributed by atoms with van der Waals surface area (Å²) in [4.78, 5) is 0. The fourth-order valence-corrected chi connectivity index (χ4v) is 3.23. The van der Waals surface area contributed by atoms with Crippen molar-refractivity contribution in [2.45, 2.75) is 58.3 Å². The summed E-state index contributed by atoms with van der Waals surface area (Å²) in [6, 6.07) is 13.4. The molecular formula is C20H26Cl2Hf-2. The van der Waals surface area contributed by atoms with Crippen molar-refractivity contribution in [3.8, 4) is 0 Å². The number of halogens is 2. The first kappa shape index (κ1) is 19.3. The smallest absolute Gasteiger partial charge is 0.0512 e. The number of hydrogen-bond acceptors (Lipinski definition) is 0. The summed E-state index contributed by atoms with van der Waals surface area (Å²) >= 11 is -1.88. The van der Waals surface area contributed by atoms with E-state index in [1.165, 1.54) is 51.4 Å². The molecule has 0 amide bonds. The van der Waals surface area contributed by atoms with Gasteiger partial charge in [-0.15, -0.1) is 0 Å². The van der Waals surface area contributed by atoms with Crippen molar-refractivity contribution in [3.05, 3.63) is 58.7 Å². The Morgan fingerprint density at radius 3 is 1.57 bits per heavy atom. The predicted molar refractivity (Wildman–Crippen MR) is 101 cm³/mol. The molecule has 2 aromatic carbocycles. The van der Waals surface area contributed by atoms with Crippen molar-refractivity contribution in [2.75, 3.05) is 0 Å². The molecule has 0 saturated heterocycles. The molecule has 3 heteroatoms. The van der Waals surface area contributed by atoms with Gasteiger partial charge >= 0.3 is 46.4 Å².